The van der Waals surface area contributed by atoms with Gasteiger partial charge in [0.15, 0.2) is 0 Å². The first kappa shape index (κ1) is 9.81. The molecule has 0 radical (unpaired) electrons. The molecule has 1 aromatic rings. The van der Waals surface area contributed by atoms with E-state index in [1.165, 1.54) is 0 Å². The number of rotatable bonds is 2. The van der Waals surface area contributed by atoms with Crippen LogP contribution in [0.3, 0.4) is 0 Å². The Bertz CT molecular complexity index is 299. The lowest BCUT2D eigenvalue weighted by atomic mass is 10.1. The molecule has 76 valence electrons. The van der Waals surface area contributed by atoms with Gasteiger partial charge in [-0.05, 0) is 37.6 Å². The van der Waals surface area contributed by atoms with Gasteiger partial charge in [0.2, 0.25) is 0 Å². The normalized spacial score (nSPS) is 26.4. The van der Waals surface area contributed by atoms with Crippen LogP contribution in [0.5, 0.6) is 0 Å². The minimum Gasteiger partial charge on any atom is -0.380 e. The predicted molar refractivity (Wildman–Crippen MR) is 58.9 cm³/mol. The Labute approximate surface area is 89.2 Å². The molecule has 2 atom stereocenters. The number of benzene rings is 1. The van der Waals surface area contributed by atoms with E-state index in [0.717, 1.165) is 23.7 Å². The zero-order valence-corrected chi connectivity index (χ0v) is 8.92. The van der Waals surface area contributed by atoms with Crippen molar-refractivity contribution in [2.24, 2.45) is 0 Å². The summed E-state index contributed by atoms with van der Waals surface area (Å²) >= 11 is 5.80. The van der Waals surface area contributed by atoms with Crippen molar-refractivity contribution < 1.29 is 4.74 Å². The Morgan fingerprint density at radius 3 is 2.64 bits per heavy atom. The van der Waals surface area contributed by atoms with Crippen LogP contribution in [-0.4, -0.2) is 18.8 Å². The van der Waals surface area contributed by atoms with Crippen molar-refractivity contribution in [3.8, 4) is 0 Å². The van der Waals surface area contributed by atoms with Gasteiger partial charge < -0.3 is 10.1 Å². The second-order valence-corrected chi connectivity index (χ2v) is 4.06. The molecule has 1 aliphatic heterocycles. The van der Waals surface area contributed by atoms with Crippen molar-refractivity contribution in [3.63, 3.8) is 0 Å². The van der Waals surface area contributed by atoms with Gasteiger partial charge in [-0.15, -0.1) is 0 Å². The summed E-state index contributed by atoms with van der Waals surface area (Å²) in [4.78, 5) is 0. The Kier molecular flexibility index (Phi) is 2.94. The molecule has 3 heteroatoms. The Morgan fingerprint density at radius 1 is 1.36 bits per heavy atom. The summed E-state index contributed by atoms with van der Waals surface area (Å²) in [5, 5.41) is 4.20. The highest BCUT2D eigenvalue weighted by Gasteiger charge is 2.23. The van der Waals surface area contributed by atoms with Gasteiger partial charge in [-0.2, -0.15) is 0 Å². The summed E-state index contributed by atoms with van der Waals surface area (Å²) < 4.78 is 5.47. The Morgan fingerprint density at radius 2 is 2.07 bits per heavy atom. The molecule has 0 aliphatic carbocycles. The fourth-order valence-corrected chi connectivity index (χ4v) is 1.81. The molecule has 1 heterocycles. The van der Waals surface area contributed by atoms with Crippen molar-refractivity contribution >= 4 is 17.3 Å². The molecule has 14 heavy (non-hydrogen) atoms. The molecule has 0 saturated carbocycles. The quantitative estimate of drug-likeness (QED) is 0.812. The van der Waals surface area contributed by atoms with Crippen LogP contribution in [0.2, 0.25) is 5.02 Å². The lowest BCUT2D eigenvalue weighted by Crippen LogP contribution is -2.26. The smallest absolute Gasteiger partial charge is 0.0748 e. The van der Waals surface area contributed by atoms with E-state index in [2.05, 4.69) is 12.2 Å². The molecule has 0 amide bonds. The maximum atomic E-state index is 5.80. The minimum atomic E-state index is 0.297. The SMILES string of the molecule is CC1OCCC1Nc1ccc(Cl)cc1. The summed E-state index contributed by atoms with van der Waals surface area (Å²) in [6, 6.07) is 8.20. The van der Waals surface area contributed by atoms with Crippen LogP contribution >= 0.6 is 11.6 Å². The van der Waals surface area contributed by atoms with Gasteiger partial charge in [-0.1, -0.05) is 11.6 Å². The fourth-order valence-electron chi connectivity index (χ4n) is 1.68. The van der Waals surface area contributed by atoms with Gasteiger partial charge in [-0.25, -0.2) is 0 Å². The average molecular weight is 212 g/mol. The van der Waals surface area contributed by atoms with E-state index in [1.807, 2.05) is 24.3 Å². The summed E-state index contributed by atoms with van der Waals surface area (Å²) in [7, 11) is 0. The molecule has 0 aromatic heterocycles. The molecule has 2 unspecified atom stereocenters. The maximum absolute atomic E-state index is 5.80. The minimum absolute atomic E-state index is 0.297. The number of ether oxygens (including phenoxy) is 1. The third-order valence-electron chi connectivity index (χ3n) is 2.57. The van der Waals surface area contributed by atoms with Gasteiger partial charge in [-0.3, -0.25) is 0 Å². The van der Waals surface area contributed by atoms with E-state index in [9.17, 15) is 0 Å². The molecule has 1 fully saturated rings. The maximum Gasteiger partial charge on any atom is 0.0748 e. The molecule has 1 N–H and O–H groups in total. The van der Waals surface area contributed by atoms with E-state index in [0.29, 0.717) is 12.1 Å². The summed E-state index contributed by atoms with van der Waals surface area (Å²) in [6.07, 6.45) is 1.37. The van der Waals surface area contributed by atoms with Gasteiger partial charge >= 0.3 is 0 Å². The highest BCUT2D eigenvalue weighted by molar-refractivity contribution is 6.30. The van der Waals surface area contributed by atoms with Crippen molar-refractivity contribution in [2.45, 2.75) is 25.5 Å². The first-order valence-electron chi connectivity index (χ1n) is 4.89. The third kappa shape index (κ3) is 2.20. The van der Waals surface area contributed by atoms with E-state index < -0.39 is 0 Å². The van der Waals surface area contributed by atoms with Gasteiger partial charge in [0.1, 0.15) is 0 Å². The molecule has 1 aliphatic rings. The number of halogens is 1. The van der Waals surface area contributed by atoms with E-state index in [4.69, 9.17) is 16.3 Å². The van der Waals surface area contributed by atoms with Crippen LogP contribution in [0, 0.1) is 0 Å². The zero-order valence-electron chi connectivity index (χ0n) is 8.16. The Balaban J connectivity index is 2.00. The largest absolute Gasteiger partial charge is 0.380 e. The average Bonchev–Trinajstić information content (AvgIpc) is 2.56. The van der Waals surface area contributed by atoms with Crippen LogP contribution in [0.15, 0.2) is 24.3 Å². The fraction of sp³-hybridized carbons (Fsp3) is 0.455. The highest BCUT2D eigenvalue weighted by Crippen LogP contribution is 2.20. The first-order chi connectivity index (χ1) is 6.75. The zero-order chi connectivity index (χ0) is 9.97. The summed E-state index contributed by atoms with van der Waals surface area (Å²) in [6.45, 7) is 2.95. The molecule has 1 aromatic carbocycles. The molecule has 2 rings (SSSR count). The summed E-state index contributed by atoms with van der Waals surface area (Å²) in [5.74, 6) is 0. The van der Waals surface area contributed by atoms with Gasteiger partial charge in [0.25, 0.3) is 0 Å². The number of hydrogen-bond acceptors (Lipinski definition) is 2. The lowest BCUT2D eigenvalue weighted by Gasteiger charge is -2.17. The molecule has 0 bridgehead atoms. The van der Waals surface area contributed by atoms with Crippen LogP contribution in [0.25, 0.3) is 0 Å². The molecule has 0 spiro atoms. The topological polar surface area (TPSA) is 21.3 Å². The van der Waals surface area contributed by atoms with Gasteiger partial charge in [0.05, 0.1) is 12.1 Å². The van der Waals surface area contributed by atoms with Crippen molar-refractivity contribution in [1.82, 2.24) is 0 Å². The van der Waals surface area contributed by atoms with Crippen LogP contribution in [0.4, 0.5) is 5.69 Å². The standard InChI is InChI=1S/C11H14ClNO/c1-8-11(6-7-14-8)13-10-4-2-9(12)3-5-10/h2-5,8,11,13H,6-7H2,1H3. The van der Waals surface area contributed by atoms with Crippen molar-refractivity contribution in [1.29, 1.82) is 0 Å². The van der Waals surface area contributed by atoms with E-state index in [1.54, 1.807) is 0 Å². The predicted octanol–water partition coefficient (Wildman–Crippen LogP) is 2.93. The monoisotopic (exact) mass is 211 g/mol. The molecular formula is C11H14ClNO. The van der Waals surface area contributed by atoms with Crippen molar-refractivity contribution in [3.05, 3.63) is 29.3 Å². The number of nitrogens with one attached hydrogen (secondary N) is 1. The lowest BCUT2D eigenvalue weighted by molar-refractivity contribution is 0.121. The summed E-state index contributed by atoms with van der Waals surface area (Å²) in [5.41, 5.74) is 1.11. The third-order valence-corrected chi connectivity index (χ3v) is 2.82. The van der Waals surface area contributed by atoms with Crippen LogP contribution < -0.4 is 5.32 Å². The second-order valence-electron chi connectivity index (χ2n) is 3.62. The Hall–Kier alpha value is -0.730. The number of hydrogen-bond donors (Lipinski definition) is 1. The van der Waals surface area contributed by atoms with E-state index in [-0.39, 0.29) is 0 Å². The molecule has 2 nitrogen and oxygen atoms in total. The van der Waals surface area contributed by atoms with Gasteiger partial charge in [0, 0.05) is 17.3 Å². The van der Waals surface area contributed by atoms with Crippen LogP contribution in [0.1, 0.15) is 13.3 Å². The second kappa shape index (κ2) is 4.20. The molecule has 1 saturated heterocycles. The highest BCUT2D eigenvalue weighted by atomic mass is 35.5. The van der Waals surface area contributed by atoms with Crippen molar-refractivity contribution in [2.75, 3.05) is 11.9 Å². The first-order valence-corrected chi connectivity index (χ1v) is 5.27. The number of anilines is 1. The molecular weight excluding hydrogens is 198 g/mol. The van der Waals surface area contributed by atoms with E-state index >= 15 is 0 Å². The van der Waals surface area contributed by atoms with Crippen LogP contribution in [-0.2, 0) is 4.74 Å².